The van der Waals surface area contributed by atoms with Gasteiger partial charge in [0.15, 0.2) is 0 Å². The molecule has 1 aliphatic carbocycles. The Kier molecular flexibility index (Phi) is 4.11. The van der Waals surface area contributed by atoms with E-state index in [-0.39, 0.29) is 17.8 Å². The molecule has 0 atom stereocenters. The fourth-order valence-electron chi connectivity index (χ4n) is 1.62. The zero-order valence-electron chi connectivity index (χ0n) is 10.6. The van der Waals surface area contributed by atoms with Gasteiger partial charge in [0.05, 0.1) is 0 Å². The molecular weight excluding hydrogens is 259 g/mol. The normalized spacial score (nSPS) is 16.0. The highest BCUT2D eigenvalue weighted by Crippen LogP contribution is 2.30. The number of anilines is 1. The van der Waals surface area contributed by atoms with Crippen LogP contribution in [0, 0.1) is 0 Å². The minimum absolute atomic E-state index is 0.00868. The van der Waals surface area contributed by atoms with Crippen molar-refractivity contribution in [2.24, 2.45) is 0 Å². The second kappa shape index (κ2) is 5.63. The zero-order chi connectivity index (χ0) is 13.9. The van der Waals surface area contributed by atoms with Crippen molar-refractivity contribution >= 4 is 5.82 Å². The summed E-state index contributed by atoms with van der Waals surface area (Å²) < 4.78 is 43.5. The molecule has 0 aliphatic heterocycles. The number of hydrogen-bond acceptors (Lipinski definition) is 4. The third-order valence-corrected chi connectivity index (χ3v) is 2.85. The molecule has 1 aliphatic rings. The Bertz CT molecular complexity index is 433. The number of nitrogens with one attached hydrogen (secondary N) is 1. The lowest BCUT2D eigenvalue weighted by Crippen LogP contribution is -2.25. The first-order valence-corrected chi connectivity index (χ1v) is 6.36. The molecule has 7 heteroatoms. The van der Waals surface area contributed by atoms with E-state index in [0.29, 0.717) is 6.54 Å². The molecule has 1 fully saturated rings. The lowest BCUT2D eigenvalue weighted by atomic mass is 9.96. The van der Waals surface area contributed by atoms with Gasteiger partial charge < -0.3 is 10.1 Å². The van der Waals surface area contributed by atoms with Gasteiger partial charge in [0.1, 0.15) is 11.9 Å². The molecule has 0 spiro atoms. The Balaban J connectivity index is 2.19. The molecule has 19 heavy (non-hydrogen) atoms. The van der Waals surface area contributed by atoms with Crippen molar-refractivity contribution in [3.05, 3.63) is 11.9 Å². The van der Waals surface area contributed by atoms with E-state index in [2.05, 4.69) is 15.3 Å². The molecule has 1 heterocycles. The van der Waals surface area contributed by atoms with Crippen LogP contribution in [-0.4, -0.2) is 22.6 Å². The second-order valence-electron chi connectivity index (χ2n) is 4.51. The highest BCUT2D eigenvalue weighted by atomic mass is 19.4. The molecule has 1 N–H and O–H groups in total. The molecule has 0 bridgehead atoms. The number of hydrogen-bond donors (Lipinski definition) is 1. The van der Waals surface area contributed by atoms with Gasteiger partial charge in [-0.1, -0.05) is 6.92 Å². The van der Waals surface area contributed by atoms with Gasteiger partial charge in [-0.3, -0.25) is 0 Å². The first kappa shape index (κ1) is 13.9. The minimum Gasteiger partial charge on any atom is -0.474 e. The average Bonchev–Trinajstić information content (AvgIpc) is 2.30. The van der Waals surface area contributed by atoms with E-state index in [4.69, 9.17) is 4.74 Å². The summed E-state index contributed by atoms with van der Waals surface area (Å²) in [5.41, 5.74) is 0. The van der Waals surface area contributed by atoms with Crippen LogP contribution in [0.25, 0.3) is 0 Å². The molecule has 1 saturated carbocycles. The third-order valence-electron chi connectivity index (χ3n) is 2.85. The Labute approximate surface area is 109 Å². The molecule has 106 valence electrons. The minimum atomic E-state index is -4.57. The largest absolute Gasteiger partial charge is 0.474 e. The van der Waals surface area contributed by atoms with Crippen molar-refractivity contribution in [2.45, 2.75) is 44.9 Å². The molecule has 0 aromatic carbocycles. The van der Waals surface area contributed by atoms with Crippen LogP contribution < -0.4 is 10.1 Å². The van der Waals surface area contributed by atoms with Gasteiger partial charge in [-0.15, -0.1) is 0 Å². The summed E-state index contributed by atoms with van der Waals surface area (Å²) in [7, 11) is 0. The van der Waals surface area contributed by atoms with Crippen LogP contribution >= 0.6 is 0 Å². The van der Waals surface area contributed by atoms with E-state index in [1.54, 1.807) is 0 Å². The average molecular weight is 275 g/mol. The fourth-order valence-corrected chi connectivity index (χ4v) is 1.62. The molecule has 0 radical (unpaired) electrons. The molecule has 0 amide bonds. The van der Waals surface area contributed by atoms with Crippen LogP contribution in [0.1, 0.15) is 38.4 Å². The number of nitrogens with zero attached hydrogens (tertiary/aromatic N) is 2. The molecular formula is C12H16F3N3O. The second-order valence-corrected chi connectivity index (χ2v) is 4.51. The summed E-state index contributed by atoms with van der Waals surface area (Å²) in [6.07, 6.45) is -1.02. The van der Waals surface area contributed by atoms with E-state index in [0.717, 1.165) is 25.7 Å². The standard InChI is InChI=1S/C12H16F3N3O/c1-2-6-16-9-7-10(19-8-4-3-5-8)18-11(17-9)12(13,14)15/h7-8H,2-6H2,1H3,(H,16,17,18). The Morgan fingerprint density at radius 1 is 1.37 bits per heavy atom. The maximum absolute atomic E-state index is 12.7. The highest BCUT2D eigenvalue weighted by molar-refractivity contribution is 5.38. The lowest BCUT2D eigenvalue weighted by molar-refractivity contribution is -0.145. The third kappa shape index (κ3) is 3.71. The summed E-state index contributed by atoms with van der Waals surface area (Å²) in [6, 6.07) is 1.42. The zero-order valence-corrected chi connectivity index (χ0v) is 10.6. The topological polar surface area (TPSA) is 47.0 Å². The van der Waals surface area contributed by atoms with Crippen LogP contribution in [-0.2, 0) is 6.18 Å². The van der Waals surface area contributed by atoms with Crippen LogP contribution in [0.2, 0.25) is 0 Å². The van der Waals surface area contributed by atoms with Gasteiger partial charge in [-0.05, 0) is 25.7 Å². The van der Waals surface area contributed by atoms with E-state index in [1.807, 2.05) is 6.92 Å². The van der Waals surface area contributed by atoms with Gasteiger partial charge >= 0.3 is 6.18 Å². The monoisotopic (exact) mass is 275 g/mol. The van der Waals surface area contributed by atoms with Crippen LogP contribution in [0.3, 0.4) is 0 Å². The lowest BCUT2D eigenvalue weighted by Gasteiger charge is -2.26. The first-order chi connectivity index (χ1) is 8.99. The van der Waals surface area contributed by atoms with Crippen LogP contribution in [0.4, 0.5) is 19.0 Å². The van der Waals surface area contributed by atoms with Gasteiger partial charge in [-0.25, -0.2) is 4.98 Å². The predicted molar refractivity (Wildman–Crippen MR) is 64.1 cm³/mol. The molecule has 1 aromatic heterocycles. The Hall–Kier alpha value is -1.53. The predicted octanol–water partition coefficient (Wildman–Crippen LogP) is 3.25. The van der Waals surface area contributed by atoms with Crippen LogP contribution in [0.5, 0.6) is 5.88 Å². The molecule has 0 saturated heterocycles. The van der Waals surface area contributed by atoms with Crippen molar-refractivity contribution in [1.29, 1.82) is 0 Å². The molecule has 4 nitrogen and oxygen atoms in total. The van der Waals surface area contributed by atoms with Gasteiger partial charge in [0.25, 0.3) is 0 Å². The summed E-state index contributed by atoms with van der Waals surface area (Å²) in [5.74, 6) is -1.02. The number of halogens is 3. The number of aromatic nitrogens is 2. The number of rotatable bonds is 5. The van der Waals surface area contributed by atoms with E-state index in [9.17, 15) is 13.2 Å². The molecule has 1 aromatic rings. The number of ether oxygens (including phenoxy) is 1. The van der Waals surface area contributed by atoms with Gasteiger partial charge in [-0.2, -0.15) is 18.2 Å². The van der Waals surface area contributed by atoms with Crippen molar-refractivity contribution < 1.29 is 17.9 Å². The quantitative estimate of drug-likeness (QED) is 0.896. The van der Waals surface area contributed by atoms with Crippen molar-refractivity contribution in [3.8, 4) is 5.88 Å². The van der Waals surface area contributed by atoms with Crippen molar-refractivity contribution in [2.75, 3.05) is 11.9 Å². The summed E-state index contributed by atoms with van der Waals surface area (Å²) in [6.45, 7) is 2.47. The van der Waals surface area contributed by atoms with Crippen molar-refractivity contribution in [3.63, 3.8) is 0 Å². The highest BCUT2D eigenvalue weighted by Gasteiger charge is 2.36. The van der Waals surface area contributed by atoms with Gasteiger partial charge in [0.2, 0.25) is 11.7 Å². The van der Waals surface area contributed by atoms with Crippen molar-refractivity contribution in [1.82, 2.24) is 9.97 Å². The Morgan fingerprint density at radius 2 is 2.11 bits per heavy atom. The van der Waals surface area contributed by atoms with Gasteiger partial charge in [0, 0.05) is 12.6 Å². The van der Waals surface area contributed by atoms with Crippen LogP contribution in [0.15, 0.2) is 6.07 Å². The SMILES string of the molecule is CCCNc1cc(OC2CCC2)nc(C(F)(F)F)n1. The fraction of sp³-hybridized carbons (Fsp3) is 0.667. The summed E-state index contributed by atoms with van der Waals surface area (Å²) >= 11 is 0. The van der Waals surface area contributed by atoms with E-state index in [1.165, 1.54) is 6.07 Å². The maximum atomic E-state index is 12.7. The smallest absolute Gasteiger partial charge is 0.451 e. The Morgan fingerprint density at radius 3 is 2.63 bits per heavy atom. The summed E-state index contributed by atoms with van der Waals surface area (Å²) in [5, 5.41) is 2.83. The first-order valence-electron chi connectivity index (χ1n) is 6.36. The molecule has 0 unspecified atom stereocenters. The molecule has 2 rings (SSSR count). The van der Waals surface area contributed by atoms with E-state index >= 15 is 0 Å². The maximum Gasteiger partial charge on any atom is 0.451 e. The number of alkyl halides is 3. The summed E-state index contributed by atoms with van der Waals surface area (Å²) in [4.78, 5) is 6.90. The van der Waals surface area contributed by atoms with E-state index < -0.39 is 12.0 Å².